The number of rotatable bonds is 4. The van der Waals surface area contributed by atoms with Crippen LogP contribution in [0.3, 0.4) is 0 Å². The zero-order valence-electron chi connectivity index (χ0n) is 14.1. The Morgan fingerprint density at radius 1 is 1.12 bits per heavy atom. The van der Waals surface area contributed by atoms with Gasteiger partial charge in [0.15, 0.2) is 0 Å². The summed E-state index contributed by atoms with van der Waals surface area (Å²) in [7, 11) is 1.64. The number of carbonyl (C=O) groups excluding carboxylic acids is 1. The molecular formula is C20H20N2O2. The SMILES string of the molecule is CCNC(=O)c1c(C)c(-c2ccc(OC)cc2)nc2ccccc12. The van der Waals surface area contributed by atoms with Crippen molar-refractivity contribution in [2.75, 3.05) is 13.7 Å². The second kappa shape index (κ2) is 6.71. The number of aromatic nitrogens is 1. The molecule has 0 unspecified atom stereocenters. The quantitative estimate of drug-likeness (QED) is 0.791. The molecule has 1 amide bonds. The van der Waals surface area contributed by atoms with E-state index < -0.39 is 0 Å². The molecule has 0 saturated heterocycles. The minimum Gasteiger partial charge on any atom is -0.497 e. The standard InChI is InChI=1S/C20H20N2O2/c1-4-21-20(23)18-13(2)19(14-9-11-15(24-3)12-10-14)22-17-8-6-5-7-16(17)18/h5-12H,4H2,1-3H3,(H,21,23). The van der Waals surface area contributed by atoms with Crippen LogP contribution >= 0.6 is 0 Å². The number of benzene rings is 2. The molecule has 1 heterocycles. The molecule has 122 valence electrons. The molecule has 0 bridgehead atoms. The van der Waals surface area contributed by atoms with Crippen molar-refractivity contribution in [2.45, 2.75) is 13.8 Å². The molecule has 1 N–H and O–H groups in total. The zero-order chi connectivity index (χ0) is 17.1. The minimum atomic E-state index is -0.0663. The van der Waals surface area contributed by atoms with Crippen molar-refractivity contribution >= 4 is 16.8 Å². The van der Waals surface area contributed by atoms with Crippen molar-refractivity contribution in [3.63, 3.8) is 0 Å². The lowest BCUT2D eigenvalue weighted by atomic mass is 9.97. The summed E-state index contributed by atoms with van der Waals surface area (Å²) in [4.78, 5) is 17.4. The average Bonchev–Trinajstić information content (AvgIpc) is 2.61. The van der Waals surface area contributed by atoms with Gasteiger partial charge in [0.25, 0.3) is 5.91 Å². The Morgan fingerprint density at radius 2 is 1.83 bits per heavy atom. The maximum absolute atomic E-state index is 12.6. The Balaban J connectivity index is 2.24. The Bertz CT molecular complexity index is 886. The fraction of sp³-hybridized carbons (Fsp3) is 0.200. The topological polar surface area (TPSA) is 51.2 Å². The summed E-state index contributed by atoms with van der Waals surface area (Å²) in [6.07, 6.45) is 0. The molecule has 24 heavy (non-hydrogen) atoms. The summed E-state index contributed by atoms with van der Waals surface area (Å²) >= 11 is 0. The first-order chi connectivity index (χ1) is 11.7. The summed E-state index contributed by atoms with van der Waals surface area (Å²) in [5, 5.41) is 3.78. The van der Waals surface area contributed by atoms with Crippen LogP contribution in [0.4, 0.5) is 0 Å². The number of para-hydroxylation sites is 1. The van der Waals surface area contributed by atoms with Gasteiger partial charge in [0.2, 0.25) is 0 Å². The van der Waals surface area contributed by atoms with Gasteiger partial charge < -0.3 is 10.1 Å². The Hall–Kier alpha value is -2.88. The second-order valence-corrected chi connectivity index (χ2v) is 5.57. The molecule has 3 aromatic rings. The molecule has 0 aliphatic heterocycles. The van der Waals surface area contributed by atoms with E-state index in [0.717, 1.165) is 33.5 Å². The molecule has 1 aromatic heterocycles. The lowest BCUT2D eigenvalue weighted by Crippen LogP contribution is -2.24. The van der Waals surface area contributed by atoms with E-state index in [0.29, 0.717) is 12.1 Å². The number of pyridine rings is 1. The number of hydrogen-bond donors (Lipinski definition) is 1. The van der Waals surface area contributed by atoms with Gasteiger partial charge in [-0.15, -0.1) is 0 Å². The Kier molecular flexibility index (Phi) is 4.47. The summed E-state index contributed by atoms with van der Waals surface area (Å²) in [6, 6.07) is 15.5. The highest BCUT2D eigenvalue weighted by molar-refractivity contribution is 6.08. The highest BCUT2D eigenvalue weighted by Gasteiger charge is 2.18. The molecule has 0 aliphatic rings. The molecule has 0 atom stereocenters. The normalized spacial score (nSPS) is 10.6. The van der Waals surface area contributed by atoms with Crippen LogP contribution in [0.25, 0.3) is 22.2 Å². The number of hydrogen-bond acceptors (Lipinski definition) is 3. The molecular weight excluding hydrogens is 300 g/mol. The van der Waals surface area contributed by atoms with E-state index in [-0.39, 0.29) is 5.91 Å². The third kappa shape index (κ3) is 2.83. The summed E-state index contributed by atoms with van der Waals surface area (Å²) in [5.74, 6) is 0.726. The number of methoxy groups -OCH3 is 1. The van der Waals surface area contributed by atoms with Gasteiger partial charge >= 0.3 is 0 Å². The van der Waals surface area contributed by atoms with Crippen LogP contribution in [0.5, 0.6) is 5.75 Å². The van der Waals surface area contributed by atoms with Gasteiger partial charge in [-0.25, -0.2) is 4.98 Å². The summed E-state index contributed by atoms with van der Waals surface area (Å²) in [5.41, 5.74) is 4.16. The van der Waals surface area contributed by atoms with Crippen LogP contribution in [-0.4, -0.2) is 24.5 Å². The third-order valence-electron chi connectivity index (χ3n) is 4.06. The molecule has 0 spiro atoms. The van der Waals surface area contributed by atoms with Gasteiger partial charge in [-0.2, -0.15) is 0 Å². The fourth-order valence-electron chi connectivity index (χ4n) is 2.88. The molecule has 4 nitrogen and oxygen atoms in total. The number of ether oxygens (including phenoxy) is 1. The first-order valence-corrected chi connectivity index (χ1v) is 7.97. The van der Waals surface area contributed by atoms with Crippen LogP contribution in [0.15, 0.2) is 48.5 Å². The fourth-order valence-corrected chi connectivity index (χ4v) is 2.88. The third-order valence-corrected chi connectivity index (χ3v) is 4.06. The van der Waals surface area contributed by atoms with Gasteiger partial charge in [0.05, 0.1) is 23.9 Å². The van der Waals surface area contributed by atoms with Crippen LogP contribution in [-0.2, 0) is 0 Å². The largest absolute Gasteiger partial charge is 0.497 e. The average molecular weight is 320 g/mol. The van der Waals surface area contributed by atoms with Crippen LogP contribution in [0, 0.1) is 6.92 Å². The van der Waals surface area contributed by atoms with Crippen molar-refractivity contribution in [1.82, 2.24) is 10.3 Å². The second-order valence-electron chi connectivity index (χ2n) is 5.57. The number of nitrogens with one attached hydrogen (secondary N) is 1. The predicted molar refractivity (Wildman–Crippen MR) is 96.5 cm³/mol. The lowest BCUT2D eigenvalue weighted by Gasteiger charge is -2.14. The first-order valence-electron chi connectivity index (χ1n) is 7.97. The first kappa shape index (κ1) is 16.0. The smallest absolute Gasteiger partial charge is 0.252 e. The van der Waals surface area contributed by atoms with Crippen LogP contribution in [0.1, 0.15) is 22.8 Å². The van der Waals surface area contributed by atoms with Crippen LogP contribution < -0.4 is 10.1 Å². The monoisotopic (exact) mass is 320 g/mol. The van der Waals surface area contributed by atoms with E-state index in [1.54, 1.807) is 7.11 Å². The van der Waals surface area contributed by atoms with Gasteiger partial charge in [-0.3, -0.25) is 4.79 Å². The van der Waals surface area contributed by atoms with E-state index in [1.165, 1.54) is 0 Å². The number of carbonyl (C=O) groups is 1. The maximum atomic E-state index is 12.6. The van der Waals surface area contributed by atoms with Gasteiger partial charge in [-0.05, 0) is 49.7 Å². The molecule has 0 radical (unpaired) electrons. The van der Waals surface area contributed by atoms with Crippen LogP contribution in [0.2, 0.25) is 0 Å². The van der Waals surface area contributed by atoms with E-state index in [4.69, 9.17) is 9.72 Å². The summed E-state index contributed by atoms with van der Waals surface area (Å²) < 4.78 is 5.21. The van der Waals surface area contributed by atoms with E-state index in [9.17, 15) is 4.79 Å². The Labute approximate surface area is 141 Å². The molecule has 3 rings (SSSR count). The lowest BCUT2D eigenvalue weighted by molar-refractivity contribution is 0.0957. The molecule has 0 aliphatic carbocycles. The van der Waals surface area contributed by atoms with Crippen molar-refractivity contribution < 1.29 is 9.53 Å². The summed E-state index contributed by atoms with van der Waals surface area (Å²) in [6.45, 7) is 4.46. The Morgan fingerprint density at radius 3 is 2.50 bits per heavy atom. The van der Waals surface area contributed by atoms with E-state index >= 15 is 0 Å². The molecule has 4 heteroatoms. The number of amides is 1. The minimum absolute atomic E-state index is 0.0663. The molecule has 0 fully saturated rings. The van der Waals surface area contributed by atoms with E-state index in [1.807, 2.05) is 62.4 Å². The number of fused-ring (bicyclic) bond motifs is 1. The molecule has 2 aromatic carbocycles. The molecule has 0 saturated carbocycles. The predicted octanol–water partition coefficient (Wildman–Crippen LogP) is 3.97. The maximum Gasteiger partial charge on any atom is 0.252 e. The van der Waals surface area contributed by atoms with Crippen molar-refractivity contribution in [2.24, 2.45) is 0 Å². The number of nitrogens with zero attached hydrogens (tertiary/aromatic N) is 1. The zero-order valence-corrected chi connectivity index (χ0v) is 14.1. The van der Waals surface area contributed by atoms with Gasteiger partial charge in [0.1, 0.15) is 5.75 Å². The van der Waals surface area contributed by atoms with Crippen molar-refractivity contribution in [3.8, 4) is 17.0 Å². The van der Waals surface area contributed by atoms with Gasteiger partial charge in [0, 0.05) is 17.5 Å². The van der Waals surface area contributed by atoms with Crippen molar-refractivity contribution in [1.29, 1.82) is 0 Å². The van der Waals surface area contributed by atoms with Crippen molar-refractivity contribution in [3.05, 3.63) is 59.7 Å². The highest BCUT2D eigenvalue weighted by atomic mass is 16.5. The van der Waals surface area contributed by atoms with Gasteiger partial charge in [-0.1, -0.05) is 18.2 Å². The highest BCUT2D eigenvalue weighted by Crippen LogP contribution is 2.30. The van der Waals surface area contributed by atoms with E-state index in [2.05, 4.69) is 5.32 Å².